The van der Waals surface area contributed by atoms with Crippen LogP contribution in [0.1, 0.15) is 30.6 Å². The highest BCUT2D eigenvalue weighted by Gasteiger charge is 2.18. The molecule has 0 amide bonds. The van der Waals surface area contributed by atoms with E-state index in [1.54, 1.807) is 12.1 Å². The van der Waals surface area contributed by atoms with E-state index in [1.165, 1.54) is 0 Å². The second kappa shape index (κ2) is 5.51. The Morgan fingerprint density at radius 1 is 1.40 bits per heavy atom. The summed E-state index contributed by atoms with van der Waals surface area (Å²) in [4.78, 5) is 11.3. The van der Waals surface area contributed by atoms with Gasteiger partial charge in [0.05, 0.1) is 6.61 Å². The summed E-state index contributed by atoms with van der Waals surface area (Å²) in [6.45, 7) is 4.21. The monoisotopic (exact) mass is 208 g/mol. The first-order valence-electron chi connectivity index (χ1n) is 5.06. The van der Waals surface area contributed by atoms with Gasteiger partial charge in [0, 0.05) is 0 Å². The molecule has 0 unspecified atom stereocenters. The molecule has 0 saturated carbocycles. The van der Waals surface area contributed by atoms with Crippen LogP contribution in [-0.2, 0) is 9.53 Å². The number of ether oxygens (including phenoxy) is 1. The lowest BCUT2D eigenvalue weighted by atomic mass is 10.1. The van der Waals surface area contributed by atoms with Crippen molar-refractivity contribution in [2.24, 2.45) is 0 Å². The largest absolute Gasteiger partial charge is 0.464 e. The van der Waals surface area contributed by atoms with Gasteiger partial charge < -0.3 is 9.84 Å². The molecule has 1 aromatic rings. The molecule has 1 atom stereocenters. The molecule has 0 aromatic heterocycles. The van der Waals surface area contributed by atoms with Crippen molar-refractivity contribution in [3.05, 3.63) is 35.4 Å². The van der Waals surface area contributed by atoms with E-state index in [4.69, 9.17) is 4.74 Å². The van der Waals surface area contributed by atoms with Crippen LogP contribution >= 0.6 is 0 Å². The van der Waals surface area contributed by atoms with Gasteiger partial charge in [-0.05, 0) is 18.9 Å². The first-order chi connectivity index (χ1) is 7.15. The van der Waals surface area contributed by atoms with Crippen molar-refractivity contribution in [2.45, 2.75) is 26.4 Å². The number of aliphatic hydroxyl groups is 1. The molecule has 0 aliphatic carbocycles. The molecule has 0 spiro atoms. The van der Waals surface area contributed by atoms with E-state index in [2.05, 4.69) is 0 Å². The third-order valence-corrected chi connectivity index (χ3v) is 2.06. The number of hydrogen-bond donors (Lipinski definition) is 1. The van der Waals surface area contributed by atoms with Crippen molar-refractivity contribution in [1.29, 1.82) is 0 Å². The van der Waals surface area contributed by atoms with E-state index in [0.717, 1.165) is 12.0 Å². The number of rotatable bonds is 4. The molecule has 3 heteroatoms. The van der Waals surface area contributed by atoms with Crippen LogP contribution in [0.3, 0.4) is 0 Å². The van der Waals surface area contributed by atoms with Gasteiger partial charge in [0.25, 0.3) is 0 Å². The summed E-state index contributed by atoms with van der Waals surface area (Å²) in [6.07, 6.45) is -0.413. The highest BCUT2D eigenvalue weighted by molar-refractivity contribution is 5.76. The number of carbonyl (C=O) groups excluding carboxylic acids is 1. The van der Waals surface area contributed by atoms with E-state index >= 15 is 0 Å². The third kappa shape index (κ3) is 3.36. The Hall–Kier alpha value is -1.35. The molecule has 0 fully saturated rings. The number of aliphatic hydroxyl groups excluding tert-OH is 1. The van der Waals surface area contributed by atoms with Crippen LogP contribution in [0.4, 0.5) is 0 Å². The number of hydrogen-bond acceptors (Lipinski definition) is 3. The zero-order valence-corrected chi connectivity index (χ0v) is 9.06. The SMILES string of the molecule is CCCOC(=O)[C@H](O)c1ccc(C)cc1. The van der Waals surface area contributed by atoms with Crippen molar-refractivity contribution in [3.63, 3.8) is 0 Å². The highest BCUT2D eigenvalue weighted by Crippen LogP contribution is 2.15. The predicted octanol–water partition coefficient (Wildman–Crippen LogP) is 1.98. The summed E-state index contributed by atoms with van der Waals surface area (Å²) in [5, 5.41) is 9.63. The van der Waals surface area contributed by atoms with Crippen molar-refractivity contribution in [2.75, 3.05) is 6.61 Å². The lowest BCUT2D eigenvalue weighted by Gasteiger charge is -2.10. The fraction of sp³-hybridized carbons (Fsp3) is 0.417. The zero-order chi connectivity index (χ0) is 11.3. The number of aryl methyl sites for hydroxylation is 1. The fourth-order valence-electron chi connectivity index (χ4n) is 1.17. The summed E-state index contributed by atoms with van der Waals surface area (Å²) in [5.74, 6) is -0.583. The molecule has 0 heterocycles. The van der Waals surface area contributed by atoms with E-state index in [-0.39, 0.29) is 0 Å². The average molecular weight is 208 g/mol. The fourth-order valence-corrected chi connectivity index (χ4v) is 1.17. The summed E-state index contributed by atoms with van der Waals surface area (Å²) in [7, 11) is 0. The predicted molar refractivity (Wildman–Crippen MR) is 57.4 cm³/mol. The van der Waals surface area contributed by atoms with Gasteiger partial charge in [0.15, 0.2) is 6.10 Å². The van der Waals surface area contributed by atoms with Crippen molar-refractivity contribution < 1.29 is 14.6 Å². The molecule has 0 saturated heterocycles. The zero-order valence-electron chi connectivity index (χ0n) is 9.06. The molecule has 0 radical (unpaired) electrons. The van der Waals surface area contributed by atoms with E-state index in [1.807, 2.05) is 26.0 Å². The molecule has 0 aliphatic rings. The molecule has 3 nitrogen and oxygen atoms in total. The van der Waals surface area contributed by atoms with Crippen molar-refractivity contribution >= 4 is 5.97 Å². The Morgan fingerprint density at radius 3 is 2.53 bits per heavy atom. The van der Waals surface area contributed by atoms with Crippen LogP contribution in [0.2, 0.25) is 0 Å². The standard InChI is InChI=1S/C12H16O3/c1-3-8-15-12(14)11(13)10-6-4-9(2)5-7-10/h4-7,11,13H,3,8H2,1-2H3/t11-/m1/s1. The lowest BCUT2D eigenvalue weighted by molar-refractivity contribution is -0.153. The van der Waals surface area contributed by atoms with Crippen LogP contribution in [-0.4, -0.2) is 17.7 Å². The van der Waals surface area contributed by atoms with Crippen LogP contribution in [0.15, 0.2) is 24.3 Å². The molecule has 0 bridgehead atoms. The normalized spacial score (nSPS) is 12.2. The minimum atomic E-state index is -1.17. The molecular weight excluding hydrogens is 192 g/mol. The van der Waals surface area contributed by atoms with Crippen LogP contribution in [0.25, 0.3) is 0 Å². The van der Waals surface area contributed by atoms with Gasteiger partial charge >= 0.3 is 5.97 Å². The Labute approximate surface area is 89.7 Å². The van der Waals surface area contributed by atoms with Crippen molar-refractivity contribution in [1.82, 2.24) is 0 Å². The Bertz CT molecular complexity index is 316. The minimum absolute atomic E-state index is 0.349. The van der Waals surface area contributed by atoms with Gasteiger partial charge in [0.2, 0.25) is 0 Å². The topological polar surface area (TPSA) is 46.5 Å². The Morgan fingerprint density at radius 2 is 2.00 bits per heavy atom. The van der Waals surface area contributed by atoms with Gasteiger partial charge in [-0.25, -0.2) is 4.79 Å². The van der Waals surface area contributed by atoms with Crippen LogP contribution in [0, 0.1) is 6.92 Å². The first-order valence-corrected chi connectivity index (χ1v) is 5.06. The number of benzene rings is 1. The summed E-state index contributed by atoms with van der Waals surface area (Å²) in [5.41, 5.74) is 1.66. The van der Waals surface area contributed by atoms with Crippen molar-refractivity contribution in [3.8, 4) is 0 Å². The summed E-state index contributed by atoms with van der Waals surface area (Å²) in [6, 6.07) is 7.16. The van der Waals surface area contributed by atoms with Crippen LogP contribution in [0.5, 0.6) is 0 Å². The summed E-state index contributed by atoms with van der Waals surface area (Å²) < 4.78 is 4.85. The third-order valence-electron chi connectivity index (χ3n) is 2.06. The Balaban J connectivity index is 2.63. The smallest absolute Gasteiger partial charge is 0.339 e. The van der Waals surface area contributed by atoms with Gasteiger partial charge in [-0.3, -0.25) is 0 Å². The average Bonchev–Trinajstić information content (AvgIpc) is 2.26. The minimum Gasteiger partial charge on any atom is -0.464 e. The molecule has 15 heavy (non-hydrogen) atoms. The second-order valence-electron chi connectivity index (χ2n) is 3.48. The molecule has 0 aliphatic heterocycles. The van der Waals surface area contributed by atoms with Crippen LogP contribution < -0.4 is 0 Å². The highest BCUT2D eigenvalue weighted by atomic mass is 16.5. The van der Waals surface area contributed by atoms with E-state index < -0.39 is 12.1 Å². The maximum absolute atomic E-state index is 11.3. The van der Waals surface area contributed by atoms with Gasteiger partial charge in [-0.15, -0.1) is 0 Å². The maximum atomic E-state index is 11.3. The first kappa shape index (κ1) is 11.7. The summed E-state index contributed by atoms with van der Waals surface area (Å²) >= 11 is 0. The quantitative estimate of drug-likeness (QED) is 0.769. The lowest BCUT2D eigenvalue weighted by Crippen LogP contribution is -2.15. The maximum Gasteiger partial charge on any atom is 0.339 e. The Kier molecular flexibility index (Phi) is 4.31. The second-order valence-corrected chi connectivity index (χ2v) is 3.48. The van der Waals surface area contributed by atoms with Gasteiger partial charge in [-0.1, -0.05) is 36.8 Å². The molecular formula is C12H16O3. The molecule has 1 N–H and O–H groups in total. The van der Waals surface area contributed by atoms with Gasteiger partial charge in [0.1, 0.15) is 0 Å². The number of carbonyl (C=O) groups is 1. The number of esters is 1. The molecule has 82 valence electrons. The van der Waals surface area contributed by atoms with E-state index in [9.17, 15) is 9.90 Å². The molecule has 1 rings (SSSR count). The van der Waals surface area contributed by atoms with E-state index in [0.29, 0.717) is 12.2 Å². The molecule has 1 aromatic carbocycles. The van der Waals surface area contributed by atoms with Gasteiger partial charge in [-0.2, -0.15) is 0 Å².